The largest absolute Gasteiger partial charge is 0.338 e. The Labute approximate surface area is 200 Å². The van der Waals surface area contributed by atoms with Crippen LogP contribution in [0.1, 0.15) is 23.7 Å². The molecule has 0 fully saturated rings. The van der Waals surface area contributed by atoms with E-state index in [1.54, 1.807) is 6.07 Å². The fourth-order valence-corrected chi connectivity index (χ4v) is 4.39. The number of amidine groups is 1. The lowest BCUT2D eigenvalue weighted by Crippen LogP contribution is -2.39. The van der Waals surface area contributed by atoms with Gasteiger partial charge in [-0.05, 0) is 47.9 Å². The number of aromatic nitrogens is 2. The number of nitrogens with zero attached hydrogens (tertiary/aromatic N) is 2. The number of amides is 2. The van der Waals surface area contributed by atoms with Crippen molar-refractivity contribution in [2.75, 3.05) is 6.54 Å². The standard InChI is InChI=1S/C26H22ClN5O2/c1-2-28-26(34)30-24-14-17-9-8-16(13-22(17)29-24)20-11-15(7-10-21(20)27)12-23-18-5-3-4-6-19(18)25(33)32-31-23/h3-11,13H,2,12,14H2,1H3,(H,32,33)(H2,28,29,30,34). The predicted molar refractivity (Wildman–Crippen MR) is 135 cm³/mol. The van der Waals surface area contributed by atoms with Crippen LogP contribution in [0, 0.1) is 0 Å². The third-order valence-corrected chi connectivity index (χ3v) is 6.11. The van der Waals surface area contributed by atoms with E-state index >= 15 is 0 Å². The SMILES string of the molecule is CCNC(=O)NC1=Nc2cc(-c3cc(Cc4n[nH]c(=O)c5ccccc45)ccc3Cl)ccc2C1. The second-order valence-electron chi connectivity index (χ2n) is 8.10. The van der Waals surface area contributed by atoms with Gasteiger partial charge in [0.05, 0.1) is 16.8 Å². The van der Waals surface area contributed by atoms with E-state index in [4.69, 9.17) is 11.6 Å². The minimum Gasteiger partial charge on any atom is -0.338 e. The summed E-state index contributed by atoms with van der Waals surface area (Å²) < 4.78 is 0. The Morgan fingerprint density at radius 2 is 1.91 bits per heavy atom. The van der Waals surface area contributed by atoms with Gasteiger partial charge in [0.25, 0.3) is 5.56 Å². The summed E-state index contributed by atoms with van der Waals surface area (Å²) in [5, 5.41) is 14.5. The molecular formula is C26H22ClN5O2. The molecule has 0 spiro atoms. The molecule has 1 aromatic heterocycles. The number of urea groups is 1. The molecule has 1 aliphatic heterocycles. The van der Waals surface area contributed by atoms with E-state index in [0.717, 1.165) is 39.0 Å². The lowest BCUT2D eigenvalue weighted by molar-refractivity contribution is 0.245. The fourth-order valence-electron chi connectivity index (χ4n) is 4.16. The van der Waals surface area contributed by atoms with Crippen molar-refractivity contribution in [3.63, 3.8) is 0 Å². The molecule has 3 aromatic carbocycles. The van der Waals surface area contributed by atoms with Crippen LogP contribution in [0.15, 0.2) is 70.5 Å². The number of aromatic amines is 1. The number of benzene rings is 3. The maximum atomic E-state index is 12.1. The van der Waals surface area contributed by atoms with Gasteiger partial charge >= 0.3 is 6.03 Å². The number of hydrogen-bond donors (Lipinski definition) is 3. The summed E-state index contributed by atoms with van der Waals surface area (Å²) in [5.41, 5.74) is 5.31. The summed E-state index contributed by atoms with van der Waals surface area (Å²) in [6, 6.07) is 19.1. The minimum absolute atomic E-state index is 0.198. The highest BCUT2D eigenvalue weighted by Gasteiger charge is 2.18. The molecule has 3 N–H and O–H groups in total. The number of H-pyrrole nitrogens is 1. The van der Waals surface area contributed by atoms with Crippen LogP contribution < -0.4 is 16.2 Å². The summed E-state index contributed by atoms with van der Waals surface area (Å²) in [6.45, 7) is 2.42. The Morgan fingerprint density at radius 1 is 1.09 bits per heavy atom. The zero-order valence-corrected chi connectivity index (χ0v) is 19.2. The van der Waals surface area contributed by atoms with E-state index in [2.05, 4.69) is 25.8 Å². The summed E-state index contributed by atoms with van der Waals surface area (Å²) >= 11 is 6.57. The number of rotatable bonds is 4. The van der Waals surface area contributed by atoms with Crippen LogP contribution in [0.5, 0.6) is 0 Å². The lowest BCUT2D eigenvalue weighted by Gasteiger charge is -2.10. The van der Waals surface area contributed by atoms with Crippen molar-refractivity contribution in [3.05, 3.63) is 92.9 Å². The number of halogens is 1. The van der Waals surface area contributed by atoms with Crippen molar-refractivity contribution in [2.45, 2.75) is 19.8 Å². The summed E-state index contributed by atoms with van der Waals surface area (Å²) in [4.78, 5) is 28.5. The van der Waals surface area contributed by atoms with Gasteiger partial charge in [0.2, 0.25) is 0 Å². The van der Waals surface area contributed by atoms with E-state index in [0.29, 0.717) is 35.6 Å². The van der Waals surface area contributed by atoms with Gasteiger partial charge in [-0.3, -0.25) is 10.1 Å². The molecule has 1 aliphatic rings. The highest BCUT2D eigenvalue weighted by Crippen LogP contribution is 2.35. The molecule has 170 valence electrons. The molecule has 4 aromatic rings. The smallest absolute Gasteiger partial charge is 0.320 e. The van der Waals surface area contributed by atoms with Crippen LogP contribution in [0.3, 0.4) is 0 Å². The number of nitrogens with one attached hydrogen (secondary N) is 3. The number of carbonyl (C=O) groups is 1. The Bertz CT molecular complexity index is 1510. The molecule has 0 unspecified atom stereocenters. The van der Waals surface area contributed by atoms with E-state index in [1.165, 1.54) is 0 Å². The van der Waals surface area contributed by atoms with E-state index < -0.39 is 0 Å². The molecule has 0 radical (unpaired) electrons. The Kier molecular flexibility index (Phi) is 5.86. The average molecular weight is 472 g/mol. The highest BCUT2D eigenvalue weighted by molar-refractivity contribution is 6.33. The van der Waals surface area contributed by atoms with E-state index in [1.807, 2.05) is 61.5 Å². The first-order valence-corrected chi connectivity index (χ1v) is 11.4. The molecule has 0 bridgehead atoms. The van der Waals surface area contributed by atoms with Crippen molar-refractivity contribution in [1.29, 1.82) is 0 Å². The molecule has 0 saturated heterocycles. The van der Waals surface area contributed by atoms with Crippen molar-refractivity contribution >= 4 is 39.9 Å². The van der Waals surface area contributed by atoms with E-state index in [-0.39, 0.29) is 11.6 Å². The van der Waals surface area contributed by atoms with Gasteiger partial charge in [0.1, 0.15) is 5.84 Å². The van der Waals surface area contributed by atoms with Gasteiger partial charge in [-0.15, -0.1) is 0 Å². The lowest BCUT2D eigenvalue weighted by atomic mass is 9.98. The summed E-state index contributed by atoms with van der Waals surface area (Å²) in [7, 11) is 0. The fraction of sp³-hybridized carbons (Fsp3) is 0.154. The number of fused-ring (bicyclic) bond motifs is 2. The van der Waals surface area contributed by atoms with Gasteiger partial charge in [-0.1, -0.05) is 48.0 Å². The molecule has 2 heterocycles. The normalized spacial score (nSPS) is 12.4. The first-order chi connectivity index (χ1) is 16.5. The third kappa shape index (κ3) is 4.30. The zero-order chi connectivity index (χ0) is 23.7. The van der Waals surface area contributed by atoms with Crippen LogP contribution in [0.2, 0.25) is 5.02 Å². The molecule has 7 nitrogen and oxygen atoms in total. The van der Waals surface area contributed by atoms with E-state index in [9.17, 15) is 9.59 Å². The van der Waals surface area contributed by atoms with Crippen molar-refractivity contribution in [3.8, 4) is 11.1 Å². The number of carbonyl (C=O) groups excluding carboxylic acids is 1. The second kappa shape index (κ2) is 9.11. The molecule has 5 rings (SSSR count). The Hall–Kier alpha value is -3.97. The van der Waals surface area contributed by atoms with Crippen LogP contribution in [0.25, 0.3) is 21.9 Å². The summed E-state index contributed by atoms with van der Waals surface area (Å²) in [6.07, 6.45) is 1.12. The minimum atomic E-state index is -0.256. The van der Waals surface area contributed by atoms with Gasteiger partial charge in [-0.2, -0.15) is 5.10 Å². The molecule has 0 saturated carbocycles. The zero-order valence-electron chi connectivity index (χ0n) is 18.5. The topological polar surface area (TPSA) is 99.2 Å². The third-order valence-electron chi connectivity index (χ3n) is 5.78. The molecule has 0 aliphatic carbocycles. The van der Waals surface area contributed by atoms with Gasteiger partial charge in [0.15, 0.2) is 0 Å². The number of aliphatic imine (C=N–C) groups is 1. The molecule has 8 heteroatoms. The monoisotopic (exact) mass is 471 g/mol. The molecule has 2 amide bonds. The Balaban J connectivity index is 1.45. The van der Waals surface area contributed by atoms with Crippen molar-refractivity contribution in [1.82, 2.24) is 20.8 Å². The van der Waals surface area contributed by atoms with Crippen LogP contribution in [-0.2, 0) is 12.8 Å². The summed E-state index contributed by atoms with van der Waals surface area (Å²) in [5.74, 6) is 0.619. The quantitative estimate of drug-likeness (QED) is 0.401. The molecule has 0 atom stereocenters. The average Bonchev–Trinajstić information content (AvgIpc) is 3.23. The Morgan fingerprint density at radius 3 is 2.74 bits per heavy atom. The number of hydrogen-bond acceptors (Lipinski definition) is 4. The predicted octanol–water partition coefficient (Wildman–Crippen LogP) is 4.74. The van der Waals surface area contributed by atoms with Crippen molar-refractivity contribution in [2.24, 2.45) is 4.99 Å². The maximum Gasteiger partial charge on any atom is 0.320 e. The van der Waals surface area contributed by atoms with Gasteiger partial charge < -0.3 is 5.32 Å². The molecular weight excluding hydrogens is 450 g/mol. The van der Waals surface area contributed by atoms with Crippen LogP contribution in [-0.4, -0.2) is 28.6 Å². The molecule has 34 heavy (non-hydrogen) atoms. The van der Waals surface area contributed by atoms with Crippen LogP contribution >= 0.6 is 11.6 Å². The second-order valence-corrected chi connectivity index (χ2v) is 8.51. The van der Waals surface area contributed by atoms with Gasteiger partial charge in [-0.25, -0.2) is 14.9 Å². The maximum absolute atomic E-state index is 12.1. The van der Waals surface area contributed by atoms with Crippen molar-refractivity contribution < 1.29 is 4.79 Å². The van der Waals surface area contributed by atoms with Gasteiger partial charge in [0, 0.05) is 35.4 Å². The van der Waals surface area contributed by atoms with Crippen LogP contribution in [0.4, 0.5) is 10.5 Å². The first kappa shape index (κ1) is 21.9. The first-order valence-electron chi connectivity index (χ1n) is 11.0. The highest BCUT2D eigenvalue weighted by atomic mass is 35.5.